The topological polar surface area (TPSA) is 305 Å². The summed E-state index contributed by atoms with van der Waals surface area (Å²) in [6.07, 6.45) is 8.63. The second-order valence-electron chi connectivity index (χ2n) is 30.5. The Balaban J connectivity index is 0.000000126. The summed E-state index contributed by atoms with van der Waals surface area (Å²) in [5, 5.41) is 26.2. The number of nitrogens with two attached hydrogens (primary N) is 1. The van der Waals surface area contributed by atoms with Crippen molar-refractivity contribution >= 4 is 176 Å². The van der Waals surface area contributed by atoms with Gasteiger partial charge in [0.05, 0.1) is 39.4 Å². The van der Waals surface area contributed by atoms with E-state index >= 15 is 0 Å². The Labute approximate surface area is 783 Å². The summed E-state index contributed by atoms with van der Waals surface area (Å²) < 4.78 is 74.2. The number of piperidine rings is 2. The van der Waals surface area contributed by atoms with E-state index in [9.17, 15) is 26.3 Å². The van der Waals surface area contributed by atoms with Crippen LogP contribution in [0.25, 0.3) is 54.5 Å². The summed E-state index contributed by atoms with van der Waals surface area (Å²) in [6.45, 7) is 9.98. The fourth-order valence-electron chi connectivity index (χ4n) is 14.5. The molecule has 0 saturated carbocycles. The normalized spacial score (nSPS) is 13.9. The monoisotopic (exact) mass is 1870 g/mol. The van der Waals surface area contributed by atoms with E-state index in [2.05, 4.69) is 194 Å². The van der Waals surface area contributed by atoms with Crippen molar-refractivity contribution in [3.8, 4) is 0 Å². The van der Waals surface area contributed by atoms with Crippen LogP contribution in [0.15, 0.2) is 305 Å². The number of nitrogens with one attached hydrogen (secondary N) is 6. The standard InChI is InChI=1S/C23H22N6.C19H18F3N5.2C13H9ClN4.C10H14N2.C9H8N2.C6H10F3N.C4H2Cl2N2/c1-2-6-20(7-3-1)28-11-13-29(14-12-28)23-16-22(25-17-26-23)27-19-9-8-18-5-4-10-24-21(18)15-19;20-19(21,22)14-5-8-27(9-6-14)18-11-17(24-12-25-18)26-15-4-3-13-2-1-7-23-16(13)10-15;2*14-12-7-13(17-8-16-12)18-10-4-3-9-2-1-5-15-11(9)6-10;1-2-4-10(5-3-1)12-8-6-11-7-9-12;10-8-4-3-7-2-1-5-11-9(7)6-8;7-6(8,9)5-1-3-10-4-2-5;5-3-1-4(6)8-2-7-3/h1-10,15-17H,11-14H2,(H,25,26,27);1-4,7,10-12,14H,5-6,8-9H2,(H,24,25,26);2*1-8H,(H,16,17,18);1-5,11H,6-9H2;1-6H,10H2;5,10H,1-4H2;1-2H. The number of halogens is 10. The van der Waals surface area contributed by atoms with Gasteiger partial charge in [0.15, 0.2) is 0 Å². The van der Waals surface area contributed by atoms with Gasteiger partial charge in [-0.15, -0.1) is 0 Å². The predicted octanol–water partition coefficient (Wildman–Crippen LogP) is 21.7. The molecule has 0 radical (unpaired) electrons. The molecule has 21 rings (SSSR count). The number of alkyl halides is 6. The molecule has 0 atom stereocenters. The number of para-hydroxylation sites is 2. The van der Waals surface area contributed by atoms with Crippen molar-refractivity contribution in [3.63, 3.8) is 0 Å². The molecule has 0 aliphatic carbocycles. The highest BCUT2D eigenvalue weighted by atomic mass is 35.5. The van der Waals surface area contributed by atoms with Crippen LogP contribution in [0, 0.1) is 11.8 Å². The lowest BCUT2D eigenvalue weighted by molar-refractivity contribution is -0.180. The van der Waals surface area contributed by atoms with Crippen LogP contribution in [0.3, 0.4) is 0 Å². The van der Waals surface area contributed by atoms with Crippen molar-refractivity contribution in [2.24, 2.45) is 11.8 Å². The Morgan fingerprint density at radius 1 is 0.278 bits per heavy atom. The second kappa shape index (κ2) is 47.6. The Morgan fingerprint density at radius 3 is 0.925 bits per heavy atom. The molecule has 10 aromatic heterocycles. The van der Waals surface area contributed by atoms with Gasteiger partial charge in [-0.25, -0.2) is 49.8 Å². The molecule has 4 saturated heterocycles. The van der Waals surface area contributed by atoms with Crippen molar-refractivity contribution in [1.29, 1.82) is 0 Å². The van der Waals surface area contributed by atoms with Gasteiger partial charge in [-0.1, -0.05) is 143 Å². The number of nitrogens with zero attached hydrogens (tertiary/aromatic N) is 19. The van der Waals surface area contributed by atoms with E-state index in [1.165, 1.54) is 42.8 Å². The van der Waals surface area contributed by atoms with Gasteiger partial charge in [-0.3, -0.25) is 24.9 Å². The number of benzene rings is 7. The molecule has 4 fully saturated rings. The number of fused-ring (bicyclic) bond motifs is 5. The first-order chi connectivity index (χ1) is 64.7. The van der Waals surface area contributed by atoms with E-state index in [0.29, 0.717) is 70.1 Å². The third-order valence-corrected chi connectivity index (χ3v) is 22.2. The molecule has 0 amide bonds. The highest BCUT2D eigenvalue weighted by Crippen LogP contribution is 2.37. The molecule has 17 aromatic rings. The number of nitrogen functional groups attached to an aromatic ring is 1. The lowest BCUT2D eigenvalue weighted by Gasteiger charge is -2.36. The highest BCUT2D eigenvalue weighted by molar-refractivity contribution is 6.33. The molecule has 0 bridgehead atoms. The number of anilines is 13. The largest absolute Gasteiger partial charge is 0.399 e. The molecule has 26 nitrogen and oxygen atoms in total. The molecule has 7 aromatic carbocycles. The maximum absolute atomic E-state index is 12.8. The number of aromatic nitrogens is 15. The molecule has 36 heteroatoms. The fourth-order valence-corrected chi connectivity index (χ4v) is 15.2. The van der Waals surface area contributed by atoms with Gasteiger partial charge >= 0.3 is 12.4 Å². The Kier molecular flexibility index (Phi) is 34.0. The maximum atomic E-state index is 12.8. The molecule has 0 unspecified atom stereocenters. The van der Waals surface area contributed by atoms with Crippen LogP contribution in [0.1, 0.15) is 25.7 Å². The molecular weight excluding hydrogens is 1790 g/mol. The lowest BCUT2D eigenvalue weighted by atomic mass is 9.96. The minimum atomic E-state index is -4.12. The van der Waals surface area contributed by atoms with Crippen LogP contribution < -0.4 is 57.2 Å². The zero-order chi connectivity index (χ0) is 92.6. The van der Waals surface area contributed by atoms with Crippen molar-refractivity contribution in [1.82, 2.24) is 85.4 Å². The van der Waals surface area contributed by atoms with E-state index in [1.807, 2.05) is 157 Å². The number of hydrogen-bond acceptors (Lipinski definition) is 26. The number of piperazine rings is 2. The molecule has 133 heavy (non-hydrogen) atoms. The minimum absolute atomic E-state index is 0.0899. The Morgan fingerprint density at radius 2 is 0.579 bits per heavy atom. The van der Waals surface area contributed by atoms with Gasteiger partial charge in [0.1, 0.15) is 87.2 Å². The first-order valence-corrected chi connectivity index (χ1v) is 44.1. The van der Waals surface area contributed by atoms with Gasteiger partial charge in [0, 0.05) is 194 Å². The van der Waals surface area contributed by atoms with Gasteiger partial charge in [0.25, 0.3) is 0 Å². The smallest absolute Gasteiger partial charge is 0.391 e. The van der Waals surface area contributed by atoms with Crippen molar-refractivity contribution in [3.05, 3.63) is 326 Å². The summed E-state index contributed by atoms with van der Waals surface area (Å²) >= 11 is 22.4. The number of pyridine rings is 5. The second-order valence-corrected chi connectivity index (χ2v) is 32.0. The Hall–Kier alpha value is -14.2. The lowest BCUT2D eigenvalue weighted by Crippen LogP contribution is -2.46. The molecular formula is C97H92Cl4F6N26. The van der Waals surface area contributed by atoms with E-state index in [-0.39, 0.29) is 25.7 Å². The maximum Gasteiger partial charge on any atom is 0.391 e. The summed E-state index contributed by atoms with van der Waals surface area (Å²) in [7, 11) is 0. The minimum Gasteiger partial charge on any atom is -0.399 e. The van der Waals surface area contributed by atoms with E-state index in [1.54, 1.807) is 49.3 Å². The summed E-state index contributed by atoms with van der Waals surface area (Å²) in [4.78, 5) is 70.9. The third kappa shape index (κ3) is 29.4. The SMILES string of the molecule is Clc1cc(Cl)ncn1.Clc1cc(Nc2ccc3cccnc3c2)ncn1.Clc1cc(Nc2ccc3cccnc3c2)ncn1.FC(F)(F)C1CCN(c2cc(Nc3ccc4cccnc4c3)ncn2)CC1.FC(F)(F)C1CCNCC1.Nc1ccc2cccnc2c1.c1ccc(N2CCN(c3cc(Nc4ccc5cccnc5c4)ncn3)CC2)cc1.c1ccc(N2CCNCC2)cc1. The third-order valence-electron chi connectivity index (χ3n) is 21.4. The molecule has 680 valence electrons. The van der Waals surface area contributed by atoms with Crippen LogP contribution in [-0.4, -0.2) is 166 Å². The Bertz CT molecular complexity index is 6410. The molecule has 4 aliphatic heterocycles. The molecule has 14 heterocycles. The molecule has 8 N–H and O–H groups in total. The highest BCUT2D eigenvalue weighted by Gasteiger charge is 2.42. The average Bonchev–Trinajstić information content (AvgIpc) is 0.823. The van der Waals surface area contributed by atoms with E-state index in [0.717, 1.165) is 147 Å². The zero-order valence-corrected chi connectivity index (χ0v) is 74.7. The molecule has 4 aliphatic rings. The number of rotatable bonds is 12. The van der Waals surface area contributed by atoms with Crippen molar-refractivity contribution in [2.75, 3.05) is 125 Å². The summed E-state index contributed by atoms with van der Waals surface area (Å²) in [6, 6.07) is 79.0. The van der Waals surface area contributed by atoms with Crippen LogP contribution in [-0.2, 0) is 0 Å². The van der Waals surface area contributed by atoms with E-state index in [4.69, 9.17) is 52.1 Å². The summed E-state index contributed by atoms with van der Waals surface area (Å²) in [5.41, 5.74) is 17.2. The van der Waals surface area contributed by atoms with Crippen molar-refractivity contribution < 1.29 is 26.3 Å². The first kappa shape index (κ1) is 95.0. The van der Waals surface area contributed by atoms with Crippen molar-refractivity contribution in [2.45, 2.75) is 38.0 Å². The zero-order valence-electron chi connectivity index (χ0n) is 71.7. The van der Waals surface area contributed by atoms with Crippen LogP contribution in [0.2, 0.25) is 20.6 Å². The summed E-state index contributed by atoms with van der Waals surface area (Å²) in [5.74, 6) is 1.99. The van der Waals surface area contributed by atoms with Crippen LogP contribution in [0.4, 0.5) is 101 Å². The van der Waals surface area contributed by atoms with Crippen LogP contribution >= 0.6 is 46.4 Å². The quantitative estimate of drug-likeness (QED) is 0.0340. The predicted molar refractivity (Wildman–Crippen MR) is 521 cm³/mol. The molecule has 0 spiro atoms. The average molecular weight is 1880 g/mol. The van der Waals surface area contributed by atoms with Gasteiger partial charge in [-0.05, 0) is 154 Å². The van der Waals surface area contributed by atoms with Gasteiger partial charge < -0.3 is 57.2 Å². The van der Waals surface area contributed by atoms with E-state index < -0.39 is 24.2 Å². The first-order valence-electron chi connectivity index (χ1n) is 42.6. The van der Waals surface area contributed by atoms with Crippen LogP contribution in [0.5, 0.6) is 0 Å². The van der Waals surface area contributed by atoms with Gasteiger partial charge in [-0.2, -0.15) is 26.3 Å². The fraction of sp³-hybridized carbons (Fsp3) is 0.206. The van der Waals surface area contributed by atoms with Gasteiger partial charge in [0.2, 0.25) is 0 Å². The number of hydrogen-bond donors (Lipinski definition) is 7.